The topological polar surface area (TPSA) is 89.8 Å². The molecule has 19 heavy (non-hydrogen) atoms. The van der Waals surface area contributed by atoms with Crippen LogP contribution in [0.5, 0.6) is 0 Å². The summed E-state index contributed by atoms with van der Waals surface area (Å²) in [5, 5.41) is -0.277. The van der Waals surface area contributed by atoms with Crippen LogP contribution < -0.4 is 4.72 Å². The highest BCUT2D eigenvalue weighted by molar-refractivity contribution is 7.93. The fraction of sp³-hybridized carbons (Fsp3) is 0.364. The zero-order valence-corrected chi connectivity index (χ0v) is 11.1. The minimum atomic E-state index is -3.30. The smallest absolute Gasteiger partial charge is 0.236 e. The molecule has 1 aliphatic carbocycles. The maximum absolute atomic E-state index is 11.8. The number of anilines is 1. The van der Waals surface area contributed by atoms with Gasteiger partial charge in [-0.3, -0.25) is 9.29 Å². The molecule has 0 saturated heterocycles. The average molecular weight is 279 g/mol. The normalized spacial score (nSPS) is 15.4. The zero-order chi connectivity index (χ0) is 13.5. The van der Waals surface area contributed by atoms with E-state index in [0.29, 0.717) is 18.7 Å². The van der Waals surface area contributed by atoms with Gasteiger partial charge in [-0.05, 0) is 19.8 Å². The fourth-order valence-electron chi connectivity index (χ4n) is 1.76. The monoisotopic (exact) mass is 279 g/mol. The summed E-state index contributed by atoms with van der Waals surface area (Å²) in [5.74, 6) is 1.64. The Hall–Kier alpha value is -1.96. The van der Waals surface area contributed by atoms with Crippen LogP contribution in [0.3, 0.4) is 0 Å². The van der Waals surface area contributed by atoms with E-state index in [1.165, 1.54) is 6.33 Å². The Kier molecular flexibility index (Phi) is 2.74. The third-order valence-corrected chi connectivity index (χ3v) is 4.78. The Labute approximate surface area is 110 Å². The van der Waals surface area contributed by atoms with Crippen molar-refractivity contribution in [3.63, 3.8) is 0 Å². The van der Waals surface area contributed by atoms with Crippen LogP contribution >= 0.6 is 0 Å². The Balaban J connectivity index is 1.90. The first-order chi connectivity index (χ1) is 9.06. The largest absolute Gasteiger partial charge is 0.288 e. The van der Waals surface area contributed by atoms with E-state index in [1.807, 2.05) is 6.92 Å². The molecule has 7 nitrogen and oxygen atoms in total. The standard InChI is InChI=1S/C11H13N5O2S/c1-8-12-4-5-16(8)11-6-10(13-7-14-11)15-19(17,18)9-2-3-9/h4-7,9H,2-3H2,1H3,(H,13,14,15). The third kappa shape index (κ3) is 2.43. The molecule has 0 amide bonds. The molecular formula is C11H13N5O2S. The van der Waals surface area contributed by atoms with Gasteiger partial charge in [0.2, 0.25) is 10.0 Å². The van der Waals surface area contributed by atoms with Gasteiger partial charge in [-0.1, -0.05) is 0 Å². The number of aryl methyl sites for hydroxylation is 1. The second-order valence-electron chi connectivity index (χ2n) is 4.45. The minimum Gasteiger partial charge on any atom is -0.288 e. The molecule has 0 spiro atoms. The molecule has 1 aliphatic rings. The molecule has 1 saturated carbocycles. The van der Waals surface area contributed by atoms with E-state index in [9.17, 15) is 8.42 Å². The summed E-state index contributed by atoms with van der Waals surface area (Å²) >= 11 is 0. The number of nitrogens with zero attached hydrogens (tertiary/aromatic N) is 4. The van der Waals surface area contributed by atoms with E-state index in [4.69, 9.17) is 0 Å². The number of sulfonamides is 1. The molecule has 0 atom stereocenters. The lowest BCUT2D eigenvalue weighted by atomic mass is 10.5. The molecular weight excluding hydrogens is 266 g/mol. The average Bonchev–Trinajstić information content (AvgIpc) is 3.13. The lowest BCUT2D eigenvalue weighted by molar-refractivity contribution is 0.600. The van der Waals surface area contributed by atoms with Crippen molar-refractivity contribution in [2.24, 2.45) is 0 Å². The van der Waals surface area contributed by atoms with Crippen LogP contribution in [0, 0.1) is 6.92 Å². The molecule has 0 bridgehead atoms. The fourth-order valence-corrected chi connectivity index (χ4v) is 3.09. The summed E-state index contributed by atoms with van der Waals surface area (Å²) in [4.78, 5) is 12.1. The molecule has 0 radical (unpaired) electrons. The van der Waals surface area contributed by atoms with Gasteiger partial charge < -0.3 is 0 Å². The Morgan fingerprint density at radius 1 is 1.32 bits per heavy atom. The predicted molar refractivity (Wildman–Crippen MR) is 69.5 cm³/mol. The summed E-state index contributed by atoms with van der Waals surface area (Å²) in [6.07, 6.45) is 6.18. The Morgan fingerprint density at radius 2 is 2.11 bits per heavy atom. The molecule has 8 heteroatoms. The van der Waals surface area contributed by atoms with Crippen molar-refractivity contribution in [1.29, 1.82) is 0 Å². The molecule has 0 aliphatic heterocycles. The van der Waals surface area contributed by atoms with Crippen LogP contribution in [0.1, 0.15) is 18.7 Å². The van der Waals surface area contributed by atoms with E-state index >= 15 is 0 Å². The molecule has 1 N–H and O–H groups in total. The van der Waals surface area contributed by atoms with E-state index in [-0.39, 0.29) is 11.1 Å². The van der Waals surface area contributed by atoms with Gasteiger partial charge in [-0.15, -0.1) is 0 Å². The SMILES string of the molecule is Cc1nccn1-c1cc(NS(=O)(=O)C2CC2)ncn1. The molecule has 100 valence electrons. The van der Waals surface area contributed by atoms with Crippen LogP contribution in [-0.4, -0.2) is 33.2 Å². The van der Waals surface area contributed by atoms with E-state index in [1.54, 1.807) is 23.0 Å². The molecule has 2 heterocycles. The second kappa shape index (κ2) is 4.30. The van der Waals surface area contributed by atoms with Gasteiger partial charge in [0.25, 0.3) is 0 Å². The summed E-state index contributed by atoms with van der Waals surface area (Å²) in [5.41, 5.74) is 0. The van der Waals surface area contributed by atoms with E-state index < -0.39 is 10.0 Å². The van der Waals surface area contributed by atoms with Crippen molar-refractivity contribution in [2.45, 2.75) is 25.0 Å². The Morgan fingerprint density at radius 3 is 2.74 bits per heavy atom. The highest BCUT2D eigenvalue weighted by atomic mass is 32.2. The second-order valence-corrected chi connectivity index (χ2v) is 6.41. The first kappa shape index (κ1) is 12.1. The molecule has 0 unspecified atom stereocenters. The van der Waals surface area contributed by atoms with Crippen LogP contribution in [-0.2, 0) is 10.0 Å². The van der Waals surface area contributed by atoms with Crippen LogP contribution in [0.2, 0.25) is 0 Å². The van der Waals surface area contributed by atoms with Gasteiger partial charge in [0.1, 0.15) is 23.8 Å². The van der Waals surface area contributed by atoms with Crippen molar-refractivity contribution in [1.82, 2.24) is 19.5 Å². The maximum Gasteiger partial charge on any atom is 0.236 e. The van der Waals surface area contributed by atoms with Gasteiger partial charge >= 0.3 is 0 Å². The van der Waals surface area contributed by atoms with Crippen molar-refractivity contribution >= 4 is 15.8 Å². The minimum absolute atomic E-state index is 0.277. The number of aromatic nitrogens is 4. The maximum atomic E-state index is 11.8. The molecule has 2 aromatic rings. The molecule has 1 fully saturated rings. The van der Waals surface area contributed by atoms with Crippen molar-refractivity contribution in [3.05, 3.63) is 30.6 Å². The van der Waals surface area contributed by atoms with Crippen LogP contribution in [0.15, 0.2) is 24.8 Å². The van der Waals surface area contributed by atoms with Crippen molar-refractivity contribution in [3.8, 4) is 5.82 Å². The van der Waals surface area contributed by atoms with Gasteiger partial charge in [-0.25, -0.2) is 23.4 Å². The number of hydrogen-bond donors (Lipinski definition) is 1. The zero-order valence-electron chi connectivity index (χ0n) is 10.3. The Bertz CT molecular complexity index is 705. The van der Waals surface area contributed by atoms with Crippen molar-refractivity contribution < 1.29 is 8.42 Å². The summed E-state index contributed by atoms with van der Waals surface area (Å²) in [6.45, 7) is 1.84. The highest BCUT2D eigenvalue weighted by Crippen LogP contribution is 2.29. The van der Waals surface area contributed by atoms with Crippen LogP contribution in [0.4, 0.5) is 5.82 Å². The van der Waals surface area contributed by atoms with Gasteiger partial charge in [0.15, 0.2) is 0 Å². The molecule has 0 aromatic carbocycles. The van der Waals surface area contributed by atoms with E-state index in [0.717, 1.165) is 5.82 Å². The van der Waals surface area contributed by atoms with Crippen LogP contribution in [0.25, 0.3) is 5.82 Å². The predicted octanol–water partition coefficient (Wildman–Crippen LogP) is 0.875. The highest BCUT2D eigenvalue weighted by Gasteiger charge is 2.36. The summed E-state index contributed by atoms with van der Waals surface area (Å²) in [6, 6.07) is 1.59. The van der Waals surface area contributed by atoms with Gasteiger partial charge in [0.05, 0.1) is 5.25 Å². The lowest BCUT2D eigenvalue weighted by Gasteiger charge is -2.08. The number of nitrogens with one attached hydrogen (secondary N) is 1. The number of rotatable bonds is 4. The number of hydrogen-bond acceptors (Lipinski definition) is 5. The van der Waals surface area contributed by atoms with Crippen molar-refractivity contribution in [2.75, 3.05) is 4.72 Å². The molecule has 2 aromatic heterocycles. The van der Waals surface area contributed by atoms with E-state index in [2.05, 4.69) is 19.7 Å². The quantitative estimate of drug-likeness (QED) is 0.897. The summed E-state index contributed by atoms with van der Waals surface area (Å²) in [7, 11) is -3.30. The lowest BCUT2D eigenvalue weighted by Crippen LogP contribution is -2.18. The first-order valence-electron chi connectivity index (χ1n) is 5.90. The summed E-state index contributed by atoms with van der Waals surface area (Å²) < 4.78 is 27.9. The third-order valence-electron chi connectivity index (χ3n) is 2.94. The number of imidazole rings is 1. The van der Waals surface area contributed by atoms with Gasteiger partial charge in [0, 0.05) is 18.5 Å². The van der Waals surface area contributed by atoms with Gasteiger partial charge in [-0.2, -0.15) is 0 Å². The first-order valence-corrected chi connectivity index (χ1v) is 7.45. The molecule has 3 rings (SSSR count).